The summed E-state index contributed by atoms with van der Waals surface area (Å²) in [5.41, 5.74) is 3.89. The Morgan fingerprint density at radius 3 is 2.44 bits per heavy atom. The van der Waals surface area contributed by atoms with E-state index in [0.717, 1.165) is 46.7 Å². The van der Waals surface area contributed by atoms with E-state index in [2.05, 4.69) is 44.1 Å². The van der Waals surface area contributed by atoms with Gasteiger partial charge in [-0.05, 0) is 70.3 Å². The summed E-state index contributed by atoms with van der Waals surface area (Å²) in [4.78, 5) is 15.3. The van der Waals surface area contributed by atoms with Crippen LogP contribution in [-0.4, -0.2) is 85.2 Å². The van der Waals surface area contributed by atoms with Crippen molar-refractivity contribution in [3.8, 4) is 17.0 Å². The van der Waals surface area contributed by atoms with E-state index in [1.807, 2.05) is 49.9 Å². The van der Waals surface area contributed by atoms with Crippen LogP contribution >= 0.6 is 0 Å². The van der Waals surface area contributed by atoms with Crippen LogP contribution in [0.4, 0.5) is 4.79 Å². The molecule has 10 nitrogen and oxygen atoms in total. The largest absolute Gasteiger partial charge is 0.467 e. The quantitative estimate of drug-likeness (QED) is 0.137. The standard InChI is InChI=1S/C34H50N4O6Si/c1-23-27-16-28(26-12-10-11-13-29(26)43-22-40-6)35-36-31(27)37(21-41-14-15-45(7,8)9)30(23)34(5)17-24-19-42-20-25(18-34)38(24)32(39)44-33(2,3)4/h10-13,16,24-25H,14-15,17-22H2,1-9H3/t24-,25+,34?. The van der Waals surface area contributed by atoms with Gasteiger partial charge in [-0.1, -0.05) is 38.7 Å². The second-order valence-electron chi connectivity index (χ2n) is 15.0. The van der Waals surface area contributed by atoms with Gasteiger partial charge in [0.1, 0.15) is 18.1 Å². The molecule has 2 saturated heterocycles. The van der Waals surface area contributed by atoms with Gasteiger partial charge in [0.15, 0.2) is 12.4 Å². The number of para-hydroxylation sites is 1. The second-order valence-corrected chi connectivity index (χ2v) is 20.6. The van der Waals surface area contributed by atoms with Gasteiger partial charge in [0.05, 0.1) is 31.0 Å². The number of morpholine rings is 1. The predicted molar refractivity (Wildman–Crippen MR) is 177 cm³/mol. The van der Waals surface area contributed by atoms with Crippen LogP contribution in [0.5, 0.6) is 5.75 Å². The van der Waals surface area contributed by atoms with E-state index in [-0.39, 0.29) is 30.4 Å². The summed E-state index contributed by atoms with van der Waals surface area (Å²) in [5.74, 6) is 0.689. The first kappa shape index (κ1) is 33.4. The average molecular weight is 639 g/mol. The molecule has 0 aliphatic carbocycles. The summed E-state index contributed by atoms with van der Waals surface area (Å²) in [6.07, 6.45) is 1.21. The third-order valence-corrected chi connectivity index (χ3v) is 10.4. The summed E-state index contributed by atoms with van der Waals surface area (Å²) >= 11 is 0. The lowest BCUT2D eigenvalue weighted by Gasteiger charge is -2.52. The number of aromatic nitrogens is 3. The maximum atomic E-state index is 13.4. The van der Waals surface area contributed by atoms with Crippen molar-refractivity contribution < 1.29 is 28.5 Å². The van der Waals surface area contributed by atoms with E-state index in [1.54, 1.807) is 7.11 Å². The number of fused-ring (bicyclic) bond motifs is 3. The maximum absolute atomic E-state index is 13.4. The smallest absolute Gasteiger partial charge is 0.410 e. The van der Waals surface area contributed by atoms with E-state index >= 15 is 0 Å². The van der Waals surface area contributed by atoms with Gasteiger partial charge in [-0.25, -0.2) is 4.79 Å². The van der Waals surface area contributed by atoms with E-state index < -0.39 is 13.7 Å². The Hall–Kier alpha value is -2.99. The van der Waals surface area contributed by atoms with Crippen LogP contribution in [0.2, 0.25) is 25.7 Å². The third-order valence-electron chi connectivity index (χ3n) is 8.73. The fraction of sp³-hybridized carbons (Fsp3) is 0.618. The molecule has 2 fully saturated rings. The van der Waals surface area contributed by atoms with Gasteiger partial charge in [0.25, 0.3) is 0 Å². The number of carbonyl (C=O) groups excluding carboxylic acids is 1. The molecule has 2 aliphatic heterocycles. The predicted octanol–water partition coefficient (Wildman–Crippen LogP) is 6.76. The van der Waals surface area contributed by atoms with Crippen molar-refractivity contribution in [1.82, 2.24) is 19.7 Å². The van der Waals surface area contributed by atoms with Crippen molar-refractivity contribution in [2.45, 2.75) is 103 Å². The molecule has 3 aromatic rings. The summed E-state index contributed by atoms with van der Waals surface area (Å²) < 4.78 is 31.4. The molecule has 2 bridgehead atoms. The molecule has 0 N–H and O–H groups in total. The first-order chi connectivity index (χ1) is 21.2. The van der Waals surface area contributed by atoms with Crippen molar-refractivity contribution in [2.75, 3.05) is 33.7 Å². The number of aryl methyl sites for hydroxylation is 1. The van der Waals surface area contributed by atoms with Crippen molar-refractivity contribution in [1.29, 1.82) is 0 Å². The first-order valence-electron chi connectivity index (χ1n) is 16.0. The Morgan fingerprint density at radius 2 is 1.80 bits per heavy atom. The highest BCUT2D eigenvalue weighted by molar-refractivity contribution is 6.76. The molecule has 4 heterocycles. The average Bonchev–Trinajstić information content (AvgIpc) is 3.23. The summed E-state index contributed by atoms with van der Waals surface area (Å²) in [6, 6.07) is 10.8. The molecule has 1 amide bonds. The number of piperidine rings is 1. The number of nitrogens with zero attached hydrogens (tertiary/aromatic N) is 4. The minimum Gasteiger partial charge on any atom is -0.467 e. The monoisotopic (exact) mass is 638 g/mol. The molecule has 2 aromatic heterocycles. The van der Waals surface area contributed by atoms with Gasteiger partial charge >= 0.3 is 6.09 Å². The number of rotatable bonds is 10. The molecule has 1 aromatic carbocycles. The summed E-state index contributed by atoms with van der Waals surface area (Å²) in [5, 5.41) is 10.5. The van der Waals surface area contributed by atoms with E-state index in [9.17, 15) is 4.79 Å². The molecule has 2 aliphatic rings. The molecule has 5 rings (SSSR count). The van der Waals surface area contributed by atoms with Crippen molar-refractivity contribution in [3.63, 3.8) is 0 Å². The van der Waals surface area contributed by atoms with E-state index in [0.29, 0.717) is 32.3 Å². The van der Waals surface area contributed by atoms with Gasteiger partial charge in [0.2, 0.25) is 0 Å². The van der Waals surface area contributed by atoms with Gasteiger partial charge < -0.3 is 28.3 Å². The van der Waals surface area contributed by atoms with E-state index in [4.69, 9.17) is 33.9 Å². The SMILES string of the molecule is COCOc1ccccc1-c1cc2c(C)c(C3(C)C[C@H]4COC[C@@H](C3)N4C(=O)OC(C)(C)C)n(COCC[Si](C)(C)C)c2nn1. The Labute approximate surface area is 268 Å². The Kier molecular flexibility index (Phi) is 9.65. The lowest BCUT2D eigenvalue weighted by atomic mass is 9.70. The Balaban J connectivity index is 1.55. The minimum absolute atomic E-state index is 0.0949. The summed E-state index contributed by atoms with van der Waals surface area (Å²) in [6.45, 7) is 19.5. The zero-order valence-electron chi connectivity index (χ0n) is 28.4. The van der Waals surface area contributed by atoms with Crippen LogP contribution in [0, 0.1) is 6.92 Å². The highest BCUT2D eigenvalue weighted by Gasteiger charge is 2.50. The minimum atomic E-state index is -1.26. The molecule has 3 atom stereocenters. The molecule has 0 radical (unpaired) electrons. The summed E-state index contributed by atoms with van der Waals surface area (Å²) in [7, 11) is 0.342. The van der Waals surface area contributed by atoms with Crippen molar-refractivity contribution in [3.05, 3.63) is 41.6 Å². The maximum Gasteiger partial charge on any atom is 0.410 e. The fourth-order valence-corrected chi connectivity index (χ4v) is 7.59. The van der Waals surface area contributed by atoms with Crippen LogP contribution in [0.15, 0.2) is 30.3 Å². The highest BCUT2D eigenvalue weighted by Crippen LogP contribution is 2.46. The molecule has 246 valence electrons. The van der Waals surface area contributed by atoms with Crippen LogP contribution in [0.1, 0.15) is 51.8 Å². The topological polar surface area (TPSA) is 97.2 Å². The van der Waals surface area contributed by atoms with Gasteiger partial charge in [-0.2, -0.15) is 0 Å². The number of methoxy groups -OCH3 is 1. The van der Waals surface area contributed by atoms with Crippen LogP contribution in [0.3, 0.4) is 0 Å². The van der Waals surface area contributed by atoms with Crippen LogP contribution in [-0.2, 0) is 31.1 Å². The molecule has 11 heteroatoms. The zero-order chi connectivity index (χ0) is 32.6. The number of carbonyl (C=O) groups is 1. The Morgan fingerprint density at radius 1 is 1.11 bits per heavy atom. The molecule has 0 spiro atoms. The number of amides is 1. The third kappa shape index (κ3) is 7.37. The molecule has 1 unspecified atom stereocenters. The van der Waals surface area contributed by atoms with Crippen molar-refractivity contribution >= 4 is 25.2 Å². The molecule has 45 heavy (non-hydrogen) atoms. The number of hydrogen-bond donors (Lipinski definition) is 0. The number of ether oxygens (including phenoxy) is 5. The van der Waals surface area contributed by atoms with E-state index in [1.165, 1.54) is 5.69 Å². The second kappa shape index (κ2) is 13.0. The molecular weight excluding hydrogens is 588 g/mol. The normalized spacial score (nSPS) is 22.1. The number of benzene rings is 1. The number of hydrogen-bond acceptors (Lipinski definition) is 8. The lowest BCUT2D eigenvalue weighted by Crippen LogP contribution is -2.62. The van der Waals surface area contributed by atoms with Gasteiger partial charge in [-0.15, -0.1) is 10.2 Å². The highest BCUT2D eigenvalue weighted by atomic mass is 28.3. The fourth-order valence-electron chi connectivity index (χ4n) is 6.84. The molecular formula is C34H50N4O6Si. The Bertz CT molecular complexity index is 1500. The molecule has 0 saturated carbocycles. The zero-order valence-corrected chi connectivity index (χ0v) is 29.4. The lowest BCUT2D eigenvalue weighted by molar-refractivity contribution is -0.0944. The van der Waals surface area contributed by atoms with Gasteiger partial charge in [0, 0.05) is 43.8 Å². The van der Waals surface area contributed by atoms with Crippen molar-refractivity contribution in [2.24, 2.45) is 0 Å². The van der Waals surface area contributed by atoms with Crippen LogP contribution in [0.25, 0.3) is 22.3 Å². The first-order valence-corrected chi connectivity index (χ1v) is 19.7. The van der Waals surface area contributed by atoms with Crippen LogP contribution < -0.4 is 4.74 Å². The van der Waals surface area contributed by atoms with Gasteiger partial charge in [-0.3, -0.25) is 4.90 Å².